The molecular formula is C15H20BrClN2O. The van der Waals surface area contributed by atoms with Gasteiger partial charge in [0.2, 0.25) is 0 Å². The molecule has 110 valence electrons. The van der Waals surface area contributed by atoms with Crippen molar-refractivity contribution in [3.05, 3.63) is 33.8 Å². The molecule has 2 aliphatic rings. The van der Waals surface area contributed by atoms with E-state index < -0.39 is 0 Å². The highest BCUT2D eigenvalue weighted by molar-refractivity contribution is 9.10. The first-order valence-corrected chi connectivity index (χ1v) is 7.75. The van der Waals surface area contributed by atoms with E-state index in [1.807, 2.05) is 30.0 Å². The summed E-state index contributed by atoms with van der Waals surface area (Å²) in [7, 11) is 0. The summed E-state index contributed by atoms with van der Waals surface area (Å²) in [6, 6.07) is 6.96. The van der Waals surface area contributed by atoms with Gasteiger partial charge in [-0.2, -0.15) is 0 Å². The summed E-state index contributed by atoms with van der Waals surface area (Å²) in [5.74, 6) is 0.174. The van der Waals surface area contributed by atoms with Crippen LogP contribution in [-0.4, -0.2) is 36.0 Å². The molecule has 1 aromatic carbocycles. The van der Waals surface area contributed by atoms with Crippen LogP contribution in [0.25, 0.3) is 0 Å². The molecule has 5 heteroatoms. The van der Waals surface area contributed by atoms with Gasteiger partial charge in [0.15, 0.2) is 0 Å². The summed E-state index contributed by atoms with van der Waals surface area (Å²) in [6.07, 6.45) is 3.55. The van der Waals surface area contributed by atoms with E-state index in [-0.39, 0.29) is 18.3 Å². The lowest BCUT2D eigenvalue weighted by atomic mass is 10.0. The molecular weight excluding hydrogens is 340 g/mol. The lowest BCUT2D eigenvalue weighted by molar-refractivity contribution is 0.0747. The van der Waals surface area contributed by atoms with Crippen LogP contribution in [0.4, 0.5) is 0 Å². The molecule has 2 unspecified atom stereocenters. The Morgan fingerprint density at radius 2 is 2.05 bits per heavy atom. The highest BCUT2D eigenvalue weighted by atomic mass is 79.9. The van der Waals surface area contributed by atoms with Crippen molar-refractivity contribution < 1.29 is 4.79 Å². The number of hydrogen-bond acceptors (Lipinski definition) is 2. The molecule has 2 bridgehead atoms. The molecule has 1 N–H and O–H groups in total. The molecule has 2 heterocycles. The van der Waals surface area contributed by atoms with E-state index in [0.717, 1.165) is 35.1 Å². The Bertz CT molecular complexity index is 509. The Kier molecular flexibility index (Phi) is 5.10. The predicted molar refractivity (Wildman–Crippen MR) is 86.6 cm³/mol. The fourth-order valence-electron chi connectivity index (χ4n) is 3.14. The van der Waals surface area contributed by atoms with Gasteiger partial charge in [-0.05, 0) is 43.9 Å². The number of hydrogen-bond donors (Lipinski definition) is 1. The van der Waals surface area contributed by atoms with Crippen LogP contribution in [0.3, 0.4) is 0 Å². The first-order chi connectivity index (χ1) is 9.15. The molecule has 3 rings (SSSR count). The van der Waals surface area contributed by atoms with Gasteiger partial charge in [0.25, 0.3) is 5.91 Å². The van der Waals surface area contributed by atoms with Crippen LogP contribution in [0.15, 0.2) is 22.7 Å². The normalized spacial score (nSPS) is 25.0. The molecule has 3 nitrogen and oxygen atoms in total. The largest absolute Gasteiger partial charge is 0.337 e. The highest BCUT2D eigenvalue weighted by Crippen LogP contribution is 2.24. The minimum absolute atomic E-state index is 0. The monoisotopic (exact) mass is 358 g/mol. The lowest BCUT2D eigenvalue weighted by Crippen LogP contribution is -2.39. The molecule has 2 atom stereocenters. The van der Waals surface area contributed by atoms with Crippen molar-refractivity contribution >= 4 is 34.2 Å². The van der Waals surface area contributed by atoms with E-state index in [4.69, 9.17) is 0 Å². The Morgan fingerprint density at radius 3 is 2.85 bits per heavy atom. The molecule has 20 heavy (non-hydrogen) atoms. The number of nitrogens with one attached hydrogen (secondary N) is 1. The van der Waals surface area contributed by atoms with Crippen molar-refractivity contribution in [2.75, 3.05) is 13.1 Å². The SMILES string of the molecule is Cc1c(Br)cccc1C(=O)N1CCC2CCC(C1)N2.Cl. The van der Waals surface area contributed by atoms with Crippen LogP contribution < -0.4 is 5.32 Å². The van der Waals surface area contributed by atoms with Gasteiger partial charge in [-0.15, -0.1) is 12.4 Å². The van der Waals surface area contributed by atoms with Gasteiger partial charge < -0.3 is 10.2 Å². The number of carbonyl (C=O) groups is 1. The maximum absolute atomic E-state index is 12.7. The maximum atomic E-state index is 12.7. The number of likely N-dealkylation sites (tertiary alicyclic amines) is 1. The predicted octanol–water partition coefficient (Wildman–Crippen LogP) is 3.15. The molecule has 2 saturated heterocycles. The van der Waals surface area contributed by atoms with Crippen LogP contribution in [-0.2, 0) is 0 Å². The summed E-state index contributed by atoms with van der Waals surface area (Å²) in [4.78, 5) is 14.7. The van der Waals surface area contributed by atoms with Crippen LogP contribution in [0.2, 0.25) is 0 Å². The van der Waals surface area contributed by atoms with Gasteiger partial charge in [-0.1, -0.05) is 22.0 Å². The molecule has 0 spiro atoms. The van der Waals surface area contributed by atoms with E-state index in [0.29, 0.717) is 12.1 Å². The summed E-state index contributed by atoms with van der Waals surface area (Å²) in [5.41, 5.74) is 1.86. The van der Waals surface area contributed by atoms with Gasteiger partial charge in [0.05, 0.1) is 0 Å². The number of halogens is 2. The van der Waals surface area contributed by atoms with Gasteiger partial charge in [-0.3, -0.25) is 4.79 Å². The van der Waals surface area contributed by atoms with Crippen molar-refractivity contribution in [3.8, 4) is 0 Å². The highest BCUT2D eigenvalue weighted by Gasteiger charge is 2.31. The van der Waals surface area contributed by atoms with E-state index in [1.54, 1.807) is 0 Å². The third-order valence-electron chi connectivity index (χ3n) is 4.31. The Balaban J connectivity index is 0.00000147. The van der Waals surface area contributed by atoms with Crippen LogP contribution in [0.5, 0.6) is 0 Å². The van der Waals surface area contributed by atoms with Gasteiger partial charge in [0, 0.05) is 35.2 Å². The van der Waals surface area contributed by atoms with E-state index in [2.05, 4.69) is 21.2 Å². The Hall–Kier alpha value is -0.580. The molecule has 2 fully saturated rings. The van der Waals surface area contributed by atoms with Gasteiger partial charge in [-0.25, -0.2) is 0 Å². The summed E-state index contributed by atoms with van der Waals surface area (Å²) < 4.78 is 1.01. The van der Waals surface area contributed by atoms with Crippen LogP contribution in [0, 0.1) is 6.92 Å². The first-order valence-electron chi connectivity index (χ1n) is 6.95. The second kappa shape index (κ2) is 6.46. The molecule has 0 aromatic heterocycles. The molecule has 2 aliphatic heterocycles. The number of nitrogens with zero attached hydrogens (tertiary/aromatic N) is 1. The fourth-order valence-corrected chi connectivity index (χ4v) is 3.50. The first kappa shape index (κ1) is 15.8. The topological polar surface area (TPSA) is 32.3 Å². The molecule has 1 aromatic rings. The summed E-state index contributed by atoms with van der Waals surface area (Å²) in [5, 5.41) is 3.61. The maximum Gasteiger partial charge on any atom is 0.254 e. The van der Waals surface area contributed by atoms with Crippen molar-refractivity contribution in [3.63, 3.8) is 0 Å². The number of carbonyl (C=O) groups excluding carboxylic acids is 1. The minimum atomic E-state index is 0. The second-order valence-corrected chi connectivity index (χ2v) is 6.44. The summed E-state index contributed by atoms with van der Waals surface area (Å²) >= 11 is 3.50. The summed E-state index contributed by atoms with van der Waals surface area (Å²) in [6.45, 7) is 3.72. The number of fused-ring (bicyclic) bond motifs is 2. The van der Waals surface area contributed by atoms with Crippen LogP contribution >= 0.6 is 28.3 Å². The second-order valence-electron chi connectivity index (χ2n) is 5.59. The van der Waals surface area contributed by atoms with Crippen molar-refractivity contribution in [2.45, 2.75) is 38.3 Å². The fraction of sp³-hybridized carbons (Fsp3) is 0.533. The molecule has 1 amide bonds. The van der Waals surface area contributed by atoms with Crippen molar-refractivity contribution in [1.82, 2.24) is 10.2 Å². The third kappa shape index (κ3) is 3.02. The van der Waals surface area contributed by atoms with Crippen LogP contribution in [0.1, 0.15) is 35.2 Å². The number of benzene rings is 1. The smallest absolute Gasteiger partial charge is 0.254 e. The third-order valence-corrected chi connectivity index (χ3v) is 5.17. The van der Waals surface area contributed by atoms with E-state index in [1.165, 1.54) is 12.8 Å². The Morgan fingerprint density at radius 1 is 1.30 bits per heavy atom. The standard InChI is InChI=1S/C15H19BrN2O.ClH/c1-10-13(3-2-4-14(10)16)15(19)18-8-7-11-5-6-12(9-18)17-11;/h2-4,11-12,17H,5-9H2,1H3;1H. The Labute approximate surface area is 134 Å². The molecule has 0 aliphatic carbocycles. The average Bonchev–Trinajstić information content (AvgIpc) is 2.72. The van der Waals surface area contributed by atoms with Crippen molar-refractivity contribution in [1.29, 1.82) is 0 Å². The molecule has 0 radical (unpaired) electrons. The minimum Gasteiger partial charge on any atom is -0.337 e. The number of amides is 1. The zero-order chi connectivity index (χ0) is 13.4. The van der Waals surface area contributed by atoms with E-state index >= 15 is 0 Å². The van der Waals surface area contributed by atoms with Gasteiger partial charge in [0.1, 0.15) is 0 Å². The lowest BCUT2D eigenvalue weighted by Gasteiger charge is -2.25. The molecule has 0 saturated carbocycles. The average molecular weight is 360 g/mol. The zero-order valence-corrected chi connectivity index (χ0v) is 14.0. The quantitative estimate of drug-likeness (QED) is 0.835. The van der Waals surface area contributed by atoms with Gasteiger partial charge >= 0.3 is 0 Å². The zero-order valence-electron chi connectivity index (χ0n) is 11.6. The van der Waals surface area contributed by atoms with Crippen molar-refractivity contribution in [2.24, 2.45) is 0 Å². The number of rotatable bonds is 1. The van der Waals surface area contributed by atoms with E-state index in [9.17, 15) is 4.79 Å².